The Morgan fingerprint density at radius 1 is 0.864 bits per heavy atom. The van der Waals surface area contributed by atoms with Crippen LogP contribution in [0.5, 0.6) is 0 Å². The molecular formula is C17H34N2O3. The van der Waals surface area contributed by atoms with Gasteiger partial charge in [-0.15, -0.1) is 0 Å². The smallest absolute Gasteiger partial charge is 0.224 e. The highest BCUT2D eigenvalue weighted by Crippen LogP contribution is 2.37. The molecule has 1 saturated heterocycles. The van der Waals surface area contributed by atoms with E-state index in [-0.39, 0.29) is 35.7 Å². The highest BCUT2D eigenvalue weighted by molar-refractivity contribution is 5.78. The van der Waals surface area contributed by atoms with Gasteiger partial charge in [-0.1, -0.05) is 0 Å². The van der Waals surface area contributed by atoms with Crippen molar-refractivity contribution in [1.82, 2.24) is 9.80 Å². The van der Waals surface area contributed by atoms with Gasteiger partial charge in [0.2, 0.25) is 5.91 Å². The standard InChI is InChI=1S/C17H34N2O3/c1-15(2)7-8-16(3,4)19(10-12-21)17(5,6)13-14(22)18(15)9-11-20/h20-21H,7-13H2,1-6H3. The van der Waals surface area contributed by atoms with Gasteiger partial charge in [-0.3, -0.25) is 9.69 Å². The number of hydrogen-bond donors (Lipinski definition) is 2. The average Bonchev–Trinajstić information content (AvgIpc) is 2.39. The Morgan fingerprint density at radius 3 is 1.86 bits per heavy atom. The Morgan fingerprint density at radius 2 is 1.36 bits per heavy atom. The average molecular weight is 314 g/mol. The van der Waals surface area contributed by atoms with Crippen molar-refractivity contribution in [2.24, 2.45) is 0 Å². The lowest BCUT2D eigenvalue weighted by Gasteiger charge is -2.48. The van der Waals surface area contributed by atoms with Crippen LogP contribution in [0.4, 0.5) is 0 Å². The molecule has 0 aromatic heterocycles. The van der Waals surface area contributed by atoms with E-state index < -0.39 is 0 Å². The van der Waals surface area contributed by atoms with Crippen LogP contribution in [0.1, 0.15) is 60.8 Å². The molecule has 0 aromatic rings. The summed E-state index contributed by atoms with van der Waals surface area (Å²) in [5.74, 6) is 0.0738. The second-order valence-corrected chi connectivity index (χ2v) is 8.26. The zero-order chi connectivity index (χ0) is 17.2. The van der Waals surface area contributed by atoms with Crippen molar-refractivity contribution in [3.05, 3.63) is 0 Å². The number of carbonyl (C=O) groups excluding carboxylic acids is 1. The third-order valence-electron chi connectivity index (χ3n) is 5.07. The van der Waals surface area contributed by atoms with Crippen LogP contribution >= 0.6 is 0 Å². The predicted octanol–water partition coefficient (Wildman–Crippen LogP) is 1.62. The van der Waals surface area contributed by atoms with Crippen molar-refractivity contribution in [3.63, 3.8) is 0 Å². The quantitative estimate of drug-likeness (QED) is 0.828. The monoisotopic (exact) mass is 314 g/mol. The number of β-amino-alcohol motifs (C(OH)–C–C–N with tert-alkyl or cyclic N) is 2. The van der Waals surface area contributed by atoms with Gasteiger partial charge >= 0.3 is 0 Å². The third kappa shape index (κ3) is 4.21. The summed E-state index contributed by atoms with van der Waals surface area (Å²) in [5, 5.41) is 18.8. The van der Waals surface area contributed by atoms with Gasteiger partial charge < -0.3 is 15.1 Å². The van der Waals surface area contributed by atoms with Gasteiger partial charge in [0.25, 0.3) is 0 Å². The lowest BCUT2D eigenvalue weighted by molar-refractivity contribution is -0.139. The molecule has 22 heavy (non-hydrogen) atoms. The first-order valence-corrected chi connectivity index (χ1v) is 8.28. The van der Waals surface area contributed by atoms with Crippen LogP contribution in [-0.2, 0) is 4.79 Å². The fourth-order valence-corrected chi connectivity index (χ4v) is 3.83. The summed E-state index contributed by atoms with van der Waals surface area (Å²) in [4.78, 5) is 16.9. The van der Waals surface area contributed by atoms with Crippen LogP contribution < -0.4 is 0 Å². The van der Waals surface area contributed by atoms with Crippen molar-refractivity contribution >= 4 is 5.91 Å². The summed E-state index contributed by atoms with van der Waals surface area (Å²) in [7, 11) is 0. The van der Waals surface area contributed by atoms with Crippen LogP contribution in [0.2, 0.25) is 0 Å². The number of hydrogen-bond acceptors (Lipinski definition) is 4. The number of aliphatic hydroxyl groups excluding tert-OH is 2. The normalized spacial score (nSPS) is 25.5. The summed E-state index contributed by atoms with van der Waals surface area (Å²) in [6, 6.07) is 0. The van der Waals surface area contributed by atoms with Crippen LogP contribution in [-0.4, -0.2) is 68.8 Å². The minimum atomic E-state index is -0.336. The number of amides is 1. The molecule has 1 amide bonds. The van der Waals surface area contributed by atoms with Crippen molar-refractivity contribution < 1.29 is 15.0 Å². The molecular weight excluding hydrogens is 280 g/mol. The summed E-state index contributed by atoms with van der Waals surface area (Å²) < 4.78 is 0. The first-order valence-electron chi connectivity index (χ1n) is 8.28. The van der Waals surface area contributed by atoms with Gasteiger partial charge in [0, 0.05) is 36.1 Å². The number of carbonyl (C=O) groups is 1. The topological polar surface area (TPSA) is 64.0 Å². The summed E-state index contributed by atoms with van der Waals surface area (Å²) in [6.07, 6.45) is 2.18. The molecule has 130 valence electrons. The second kappa shape index (κ2) is 6.85. The Bertz CT molecular complexity index is 391. The SMILES string of the molecule is CC1(C)CCC(C)(C)N(CCO)C(C)(C)CC(=O)N1CCO. The second-order valence-electron chi connectivity index (χ2n) is 8.26. The molecule has 1 rings (SSSR count). The molecule has 1 aliphatic heterocycles. The van der Waals surface area contributed by atoms with E-state index in [1.54, 1.807) is 0 Å². The van der Waals surface area contributed by atoms with Crippen molar-refractivity contribution in [3.8, 4) is 0 Å². The summed E-state index contributed by atoms with van der Waals surface area (Å²) >= 11 is 0. The van der Waals surface area contributed by atoms with Gasteiger partial charge in [-0.25, -0.2) is 0 Å². The molecule has 0 saturated carbocycles. The van der Waals surface area contributed by atoms with Gasteiger partial charge in [0.1, 0.15) is 0 Å². The maximum absolute atomic E-state index is 12.8. The molecule has 2 N–H and O–H groups in total. The molecule has 0 atom stereocenters. The highest BCUT2D eigenvalue weighted by Gasteiger charge is 2.44. The molecule has 5 heteroatoms. The van der Waals surface area contributed by atoms with Gasteiger partial charge in [-0.2, -0.15) is 0 Å². The predicted molar refractivity (Wildman–Crippen MR) is 88.7 cm³/mol. The van der Waals surface area contributed by atoms with E-state index in [2.05, 4.69) is 46.4 Å². The lowest BCUT2D eigenvalue weighted by atomic mass is 9.85. The highest BCUT2D eigenvalue weighted by atomic mass is 16.3. The molecule has 0 bridgehead atoms. The Hall–Kier alpha value is -0.650. The number of rotatable bonds is 4. The fourth-order valence-electron chi connectivity index (χ4n) is 3.83. The molecule has 5 nitrogen and oxygen atoms in total. The van der Waals surface area contributed by atoms with E-state index in [9.17, 15) is 15.0 Å². The van der Waals surface area contributed by atoms with Crippen molar-refractivity contribution in [1.29, 1.82) is 0 Å². The Labute approximate surface area is 135 Å². The minimum absolute atomic E-state index is 0.0145. The van der Waals surface area contributed by atoms with Gasteiger partial charge in [0.15, 0.2) is 0 Å². The maximum Gasteiger partial charge on any atom is 0.224 e. The zero-order valence-electron chi connectivity index (χ0n) is 15.1. The van der Waals surface area contributed by atoms with Crippen molar-refractivity contribution in [2.75, 3.05) is 26.3 Å². The molecule has 1 fully saturated rings. The zero-order valence-corrected chi connectivity index (χ0v) is 15.1. The molecule has 0 aromatic carbocycles. The van der Waals surface area contributed by atoms with Crippen LogP contribution in [0, 0.1) is 0 Å². The summed E-state index contributed by atoms with van der Waals surface area (Å²) in [6.45, 7) is 13.7. The number of nitrogens with zero attached hydrogens (tertiary/aromatic N) is 2. The van der Waals surface area contributed by atoms with E-state index in [1.807, 2.05) is 4.90 Å². The molecule has 1 heterocycles. The first kappa shape index (κ1) is 19.4. The van der Waals surface area contributed by atoms with Gasteiger partial charge in [-0.05, 0) is 54.4 Å². The van der Waals surface area contributed by atoms with Gasteiger partial charge in [0.05, 0.1) is 13.2 Å². The third-order valence-corrected chi connectivity index (χ3v) is 5.07. The van der Waals surface area contributed by atoms with E-state index in [4.69, 9.17) is 0 Å². The Balaban J connectivity index is 3.23. The lowest BCUT2D eigenvalue weighted by Crippen LogP contribution is -2.57. The first-order chi connectivity index (χ1) is 9.98. The minimum Gasteiger partial charge on any atom is -0.395 e. The fraction of sp³-hybridized carbons (Fsp3) is 0.941. The van der Waals surface area contributed by atoms with E-state index in [0.717, 1.165) is 12.8 Å². The van der Waals surface area contributed by atoms with E-state index in [1.165, 1.54) is 0 Å². The number of aliphatic hydroxyl groups is 2. The van der Waals surface area contributed by atoms with E-state index in [0.29, 0.717) is 19.5 Å². The summed E-state index contributed by atoms with van der Waals surface area (Å²) in [5.41, 5.74) is -0.709. The molecule has 0 radical (unpaired) electrons. The van der Waals surface area contributed by atoms with Crippen LogP contribution in [0.15, 0.2) is 0 Å². The van der Waals surface area contributed by atoms with Crippen LogP contribution in [0.3, 0.4) is 0 Å². The molecule has 0 unspecified atom stereocenters. The van der Waals surface area contributed by atoms with Crippen LogP contribution in [0.25, 0.3) is 0 Å². The largest absolute Gasteiger partial charge is 0.395 e. The maximum atomic E-state index is 12.8. The Kier molecular flexibility index (Phi) is 6.04. The van der Waals surface area contributed by atoms with Crippen molar-refractivity contribution in [2.45, 2.75) is 77.4 Å². The van der Waals surface area contributed by atoms with E-state index >= 15 is 0 Å². The molecule has 1 aliphatic rings. The molecule has 0 aliphatic carbocycles. The molecule has 0 spiro atoms.